The Morgan fingerprint density at radius 3 is 2.48 bits per heavy atom. The van der Waals surface area contributed by atoms with Crippen molar-refractivity contribution in [3.63, 3.8) is 0 Å². The summed E-state index contributed by atoms with van der Waals surface area (Å²) in [5, 5.41) is 9.82. The minimum Gasteiger partial charge on any atom is -0.481 e. The number of hydrogen-bond donors (Lipinski definition) is 2. The smallest absolute Gasteiger partial charge is 0.307 e. The molecule has 2 heterocycles. The summed E-state index contributed by atoms with van der Waals surface area (Å²) in [5.41, 5.74) is 4.91. The Morgan fingerprint density at radius 1 is 1.03 bits per heavy atom. The fourth-order valence-electron chi connectivity index (χ4n) is 3.28. The van der Waals surface area contributed by atoms with Crippen molar-refractivity contribution in [2.45, 2.75) is 11.3 Å². The van der Waals surface area contributed by atoms with Gasteiger partial charge in [0.05, 0.1) is 11.3 Å². The summed E-state index contributed by atoms with van der Waals surface area (Å²) in [6.45, 7) is 0. The molecule has 2 aromatic heterocycles. The van der Waals surface area contributed by atoms with Crippen LogP contribution in [0.4, 0.5) is 0 Å². The predicted octanol–water partition coefficient (Wildman–Crippen LogP) is 3.93. The van der Waals surface area contributed by atoms with E-state index >= 15 is 0 Å². The Kier molecular flexibility index (Phi) is 4.68. The van der Waals surface area contributed by atoms with Gasteiger partial charge in [-0.15, -0.1) is 0 Å². The number of carboxylic acids is 1. The molecule has 2 N–H and O–H groups in total. The number of carbonyl (C=O) groups is 1. The van der Waals surface area contributed by atoms with Crippen molar-refractivity contribution in [3.8, 4) is 22.3 Å². The fraction of sp³-hybridized carbons (Fsp3) is 0.0909. The molecule has 0 unspecified atom stereocenters. The van der Waals surface area contributed by atoms with E-state index in [4.69, 9.17) is 5.11 Å². The lowest BCUT2D eigenvalue weighted by atomic mass is 10.0. The zero-order valence-corrected chi connectivity index (χ0v) is 16.4. The third-order valence-corrected chi connectivity index (χ3v) is 5.86. The van der Waals surface area contributed by atoms with Gasteiger partial charge in [-0.25, -0.2) is 13.4 Å². The van der Waals surface area contributed by atoms with Crippen LogP contribution in [0.15, 0.2) is 71.9 Å². The van der Waals surface area contributed by atoms with Crippen molar-refractivity contribution in [2.24, 2.45) is 0 Å². The van der Waals surface area contributed by atoms with Crippen LogP contribution >= 0.6 is 0 Å². The molecular weight excluding hydrogens is 388 g/mol. The highest BCUT2D eigenvalue weighted by atomic mass is 32.2. The zero-order chi connectivity index (χ0) is 20.6. The van der Waals surface area contributed by atoms with Crippen LogP contribution in [0.1, 0.15) is 5.56 Å². The van der Waals surface area contributed by atoms with Gasteiger partial charge in [0.1, 0.15) is 5.65 Å². The topological polar surface area (TPSA) is 100 Å². The molecule has 4 rings (SSSR count). The second-order valence-electron chi connectivity index (χ2n) is 6.89. The Balaban J connectivity index is 1.77. The van der Waals surface area contributed by atoms with E-state index in [1.807, 2.05) is 30.5 Å². The van der Waals surface area contributed by atoms with Crippen molar-refractivity contribution < 1.29 is 18.3 Å². The average Bonchev–Trinajstić information content (AvgIpc) is 3.11. The highest BCUT2D eigenvalue weighted by Crippen LogP contribution is 2.31. The van der Waals surface area contributed by atoms with Gasteiger partial charge in [0, 0.05) is 35.2 Å². The van der Waals surface area contributed by atoms with E-state index in [2.05, 4.69) is 9.97 Å². The maximum absolute atomic E-state index is 11.9. The van der Waals surface area contributed by atoms with Gasteiger partial charge in [0.25, 0.3) is 0 Å². The van der Waals surface area contributed by atoms with Crippen LogP contribution in [0.3, 0.4) is 0 Å². The fourth-order valence-corrected chi connectivity index (χ4v) is 3.95. The standard InChI is InChI=1S/C22H18N2O4S/c1-29(27,28)18-4-2-3-16(10-18)17-11-19-20(13-24-22(19)23-12-17)15-7-5-14(6-8-15)9-21(25)26/h2-8,10-13H,9H2,1H3,(H,23,24)(H,25,26). The number of aromatic amines is 1. The summed E-state index contributed by atoms with van der Waals surface area (Å²) in [7, 11) is -3.30. The summed E-state index contributed by atoms with van der Waals surface area (Å²) in [5.74, 6) is -0.866. The van der Waals surface area contributed by atoms with E-state index in [9.17, 15) is 13.2 Å². The van der Waals surface area contributed by atoms with E-state index in [-0.39, 0.29) is 11.3 Å². The highest BCUT2D eigenvalue weighted by molar-refractivity contribution is 7.90. The van der Waals surface area contributed by atoms with Crippen LogP contribution in [0, 0.1) is 0 Å². The maximum atomic E-state index is 11.9. The second-order valence-corrected chi connectivity index (χ2v) is 8.91. The van der Waals surface area contributed by atoms with E-state index in [0.29, 0.717) is 0 Å². The summed E-state index contributed by atoms with van der Waals surface area (Å²) < 4.78 is 23.7. The summed E-state index contributed by atoms with van der Waals surface area (Å²) in [4.78, 5) is 18.7. The predicted molar refractivity (Wildman–Crippen MR) is 111 cm³/mol. The zero-order valence-electron chi connectivity index (χ0n) is 15.6. The van der Waals surface area contributed by atoms with E-state index < -0.39 is 15.8 Å². The molecule has 146 valence electrons. The lowest BCUT2D eigenvalue weighted by Crippen LogP contribution is -1.99. The van der Waals surface area contributed by atoms with Crippen LogP contribution in [0.5, 0.6) is 0 Å². The molecule has 6 nitrogen and oxygen atoms in total. The molecule has 0 amide bonds. The SMILES string of the molecule is CS(=O)(=O)c1cccc(-c2cnc3[nH]cc(-c4ccc(CC(=O)O)cc4)c3c2)c1. The number of sulfone groups is 1. The number of fused-ring (bicyclic) bond motifs is 1. The van der Waals surface area contributed by atoms with Gasteiger partial charge in [-0.1, -0.05) is 36.4 Å². The van der Waals surface area contributed by atoms with Crippen molar-refractivity contribution in [1.29, 1.82) is 0 Å². The number of benzene rings is 2. The van der Waals surface area contributed by atoms with Gasteiger partial charge in [-0.2, -0.15) is 0 Å². The normalized spacial score (nSPS) is 11.6. The third kappa shape index (κ3) is 3.90. The number of aromatic nitrogens is 2. The van der Waals surface area contributed by atoms with E-state index in [1.165, 1.54) is 6.26 Å². The molecule has 0 saturated heterocycles. The Bertz CT molecular complexity index is 1320. The first kappa shape index (κ1) is 18.9. The van der Waals surface area contributed by atoms with Gasteiger partial charge in [-0.05, 0) is 34.9 Å². The minimum absolute atomic E-state index is 0.0173. The molecule has 0 aliphatic rings. The van der Waals surface area contributed by atoms with Crippen LogP contribution in [0.25, 0.3) is 33.3 Å². The van der Waals surface area contributed by atoms with Crippen LogP contribution in [-0.2, 0) is 21.1 Å². The molecule has 4 aromatic rings. The van der Waals surface area contributed by atoms with Crippen LogP contribution in [-0.4, -0.2) is 35.7 Å². The van der Waals surface area contributed by atoms with Crippen LogP contribution in [0.2, 0.25) is 0 Å². The molecule has 0 spiro atoms. The molecule has 0 saturated carbocycles. The number of nitrogens with one attached hydrogen (secondary N) is 1. The summed E-state index contributed by atoms with van der Waals surface area (Å²) >= 11 is 0. The van der Waals surface area contributed by atoms with Gasteiger partial charge in [0.15, 0.2) is 9.84 Å². The monoisotopic (exact) mass is 406 g/mol. The van der Waals surface area contributed by atoms with Gasteiger partial charge >= 0.3 is 5.97 Å². The minimum atomic E-state index is -3.30. The van der Waals surface area contributed by atoms with Crippen molar-refractivity contribution in [1.82, 2.24) is 9.97 Å². The molecule has 0 bridgehead atoms. The lowest BCUT2D eigenvalue weighted by molar-refractivity contribution is -0.136. The first-order valence-electron chi connectivity index (χ1n) is 8.90. The van der Waals surface area contributed by atoms with Gasteiger partial charge in [0.2, 0.25) is 0 Å². The van der Waals surface area contributed by atoms with Crippen molar-refractivity contribution in [2.75, 3.05) is 6.26 Å². The molecular formula is C22H18N2O4S. The Labute approximate surface area is 167 Å². The second kappa shape index (κ2) is 7.18. The van der Waals surface area contributed by atoms with Crippen LogP contribution < -0.4 is 0 Å². The molecule has 2 aromatic carbocycles. The van der Waals surface area contributed by atoms with E-state index in [0.717, 1.165) is 38.9 Å². The molecule has 0 aliphatic carbocycles. The number of nitrogens with zero attached hydrogens (tertiary/aromatic N) is 1. The molecule has 0 atom stereocenters. The number of carboxylic acid groups (broad SMARTS) is 1. The number of aliphatic carboxylic acids is 1. The number of pyridine rings is 1. The third-order valence-electron chi connectivity index (χ3n) is 4.75. The summed E-state index contributed by atoms with van der Waals surface area (Å²) in [6, 6.07) is 16.1. The number of H-pyrrole nitrogens is 1. The Morgan fingerprint density at radius 2 is 1.79 bits per heavy atom. The average molecular weight is 406 g/mol. The molecule has 0 fully saturated rings. The Hall–Kier alpha value is -3.45. The molecule has 29 heavy (non-hydrogen) atoms. The molecule has 7 heteroatoms. The van der Waals surface area contributed by atoms with Gasteiger partial charge < -0.3 is 10.1 Å². The molecule has 0 radical (unpaired) electrons. The quantitative estimate of drug-likeness (QED) is 0.523. The van der Waals surface area contributed by atoms with Crippen molar-refractivity contribution >= 4 is 26.8 Å². The van der Waals surface area contributed by atoms with E-state index in [1.54, 1.807) is 36.5 Å². The largest absolute Gasteiger partial charge is 0.481 e. The summed E-state index contributed by atoms with van der Waals surface area (Å²) in [6.07, 6.45) is 4.74. The highest BCUT2D eigenvalue weighted by Gasteiger charge is 2.12. The number of rotatable bonds is 5. The lowest BCUT2D eigenvalue weighted by Gasteiger charge is -2.06. The molecule has 0 aliphatic heterocycles. The van der Waals surface area contributed by atoms with Crippen molar-refractivity contribution in [3.05, 3.63) is 72.6 Å². The first-order chi connectivity index (χ1) is 13.8. The number of hydrogen-bond acceptors (Lipinski definition) is 4. The maximum Gasteiger partial charge on any atom is 0.307 e. The first-order valence-corrected chi connectivity index (χ1v) is 10.8. The van der Waals surface area contributed by atoms with Gasteiger partial charge in [-0.3, -0.25) is 4.79 Å².